The number of methoxy groups -OCH3 is 1. The highest BCUT2D eigenvalue weighted by atomic mass is 19.3. The summed E-state index contributed by atoms with van der Waals surface area (Å²) in [6, 6.07) is 14.4. The van der Waals surface area contributed by atoms with Gasteiger partial charge in [0, 0.05) is 24.6 Å². The minimum atomic E-state index is -2.92. The molecule has 0 saturated heterocycles. The Hall–Kier alpha value is -3.00. The molecule has 0 aliphatic rings. The van der Waals surface area contributed by atoms with Gasteiger partial charge in [0.05, 0.1) is 13.2 Å². The molecule has 0 aliphatic carbocycles. The van der Waals surface area contributed by atoms with Crippen LogP contribution in [0.4, 0.5) is 8.78 Å². The van der Waals surface area contributed by atoms with E-state index in [9.17, 15) is 8.78 Å². The highest BCUT2D eigenvalue weighted by Crippen LogP contribution is 2.27. The predicted molar refractivity (Wildman–Crippen MR) is 98.4 cm³/mol. The van der Waals surface area contributed by atoms with Crippen LogP contribution in [0.25, 0.3) is 0 Å². The molecule has 148 valence electrons. The Morgan fingerprint density at radius 1 is 1.14 bits per heavy atom. The molecular formula is C20H21F2N3O3. The van der Waals surface area contributed by atoms with Crippen molar-refractivity contribution in [3.05, 3.63) is 71.4 Å². The lowest BCUT2D eigenvalue weighted by Crippen LogP contribution is -2.19. The molecule has 8 heteroatoms. The maximum atomic E-state index is 12.7. The Morgan fingerprint density at radius 3 is 2.64 bits per heavy atom. The highest BCUT2D eigenvalue weighted by molar-refractivity contribution is 5.40. The van der Waals surface area contributed by atoms with E-state index < -0.39 is 6.61 Å². The number of hydrogen-bond acceptors (Lipinski definition) is 6. The van der Waals surface area contributed by atoms with Crippen LogP contribution in [0.15, 0.2) is 53.1 Å². The number of ether oxygens (including phenoxy) is 2. The van der Waals surface area contributed by atoms with Crippen LogP contribution in [0, 0.1) is 0 Å². The van der Waals surface area contributed by atoms with E-state index >= 15 is 0 Å². The molecule has 1 unspecified atom stereocenters. The Kier molecular flexibility index (Phi) is 6.54. The fraction of sp³-hybridized carbons (Fsp3) is 0.300. The van der Waals surface area contributed by atoms with E-state index in [1.807, 2.05) is 37.3 Å². The Morgan fingerprint density at radius 2 is 1.93 bits per heavy atom. The fourth-order valence-corrected chi connectivity index (χ4v) is 2.66. The Balaban J connectivity index is 1.63. The van der Waals surface area contributed by atoms with Gasteiger partial charge in [0.15, 0.2) is 5.82 Å². The van der Waals surface area contributed by atoms with Gasteiger partial charge in [-0.1, -0.05) is 41.6 Å². The van der Waals surface area contributed by atoms with Crippen molar-refractivity contribution in [3.8, 4) is 11.5 Å². The molecule has 0 radical (unpaired) electrons. The largest absolute Gasteiger partial charge is 0.497 e. The molecule has 3 rings (SSSR count). The second-order valence-electron chi connectivity index (χ2n) is 6.17. The number of hydrogen-bond donors (Lipinski definition) is 1. The summed E-state index contributed by atoms with van der Waals surface area (Å²) >= 11 is 0. The smallest absolute Gasteiger partial charge is 0.387 e. The van der Waals surface area contributed by atoms with Gasteiger partial charge < -0.3 is 19.3 Å². The van der Waals surface area contributed by atoms with Crippen molar-refractivity contribution in [2.24, 2.45) is 0 Å². The molecule has 6 nitrogen and oxygen atoms in total. The van der Waals surface area contributed by atoms with Crippen molar-refractivity contribution < 1.29 is 22.8 Å². The molecule has 0 spiro atoms. The zero-order valence-electron chi connectivity index (χ0n) is 15.6. The first kappa shape index (κ1) is 19.8. The standard InChI is InChI=1S/C20H21F2N3O3/c1-13(19-24-18(25-28-19)10-14-6-4-3-5-7-14)23-12-15-8-9-16(26-2)11-17(15)27-20(21)22/h3-9,11,13,20,23H,10,12H2,1-2H3. The summed E-state index contributed by atoms with van der Waals surface area (Å²) in [5.41, 5.74) is 1.65. The molecule has 28 heavy (non-hydrogen) atoms. The van der Waals surface area contributed by atoms with E-state index in [-0.39, 0.29) is 18.3 Å². The summed E-state index contributed by atoms with van der Waals surface area (Å²) in [5.74, 6) is 1.51. The number of rotatable bonds is 9. The van der Waals surface area contributed by atoms with E-state index in [2.05, 4.69) is 20.2 Å². The minimum Gasteiger partial charge on any atom is -0.497 e. The van der Waals surface area contributed by atoms with Crippen molar-refractivity contribution >= 4 is 0 Å². The van der Waals surface area contributed by atoms with Crippen LogP contribution >= 0.6 is 0 Å². The van der Waals surface area contributed by atoms with Gasteiger partial charge in [-0.3, -0.25) is 0 Å². The van der Waals surface area contributed by atoms with Gasteiger partial charge in [-0.2, -0.15) is 13.8 Å². The molecule has 3 aromatic rings. The molecule has 0 fully saturated rings. The number of alkyl halides is 2. The molecule has 1 atom stereocenters. The average molecular weight is 389 g/mol. The first-order valence-electron chi connectivity index (χ1n) is 8.76. The molecule has 1 N–H and O–H groups in total. The average Bonchev–Trinajstić information content (AvgIpc) is 3.15. The summed E-state index contributed by atoms with van der Waals surface area (Å²) in [4.78, 5) is 4.40. The third-order valence-corrected chi connectivity index (χ3v) is 4.15. The maximum absolute atomic E-state index is 12.7. The molecular weight excluding hydrogens is 368 g/mol. The van der Waals surface area contributed by atoms with Crippen molar-refractivity contribution in [2.45, 2.75) is 32.5 Å². The van der Waals surface area contributed by atoms with Gasteiger partial charge in [0.25, 0.3) is 0 Å². The van der Waals surface area contributed by atoms with Gasteiger partial charge in [0.2, 0.25) is 5.89 Å². The quantitative estimate of drug-likeness (QED) is 0.594. The Bertz CT molecular complexity index is 887. The second-order valence-corrected chi connectivity index (χ2v) is 6.17. The van der Waals surface area contributed by atoms with E-state index in [1.54, 1.807) is 12.1 Å². The van der Waals surface area contributed by atoms with Gasteiger partial charge in [-0.15, -0.1) is 0 Å². The minimum absolute atomic E-state index is 0.0596. The van der Waals surface area contributed by atoms with Gasteiger partial charge in [-0.05, 0) is 18.6 Å². The molecule has 1 heterocycles. The molecule has 2 aromatic carbocycles. The van der Waals surface area contributed by atoms with Crippen LogP contribution < -0.4 is 14.8 Å². The lowest BCUT2D eigenvalue weighted by molar-refractivity contribution is -0.0506. The Labute approximate surface area is 161 Å². The summed E-state index contributed by atoms with van der Waals surface area (Å²) in [6.45, 7) is -0.777. The van der Waals surface area contributed by atoms with E-state index in [4.69, 9.17) is 9.26 Å². The van der Waals surface area contributed by atoms with Crippen molar-refractivity contribution in [1.82, 2.24) is 15.5 Å². The molecule has 0 aliphatic heterocycles. The van der Waals surface area contributed by atoms with Gasteiger partial charge in [0.1, 0.15) is 11.5 Å². The van der Waals surface area contributed by atoms with Gasteiger partial charge >= 0.3 is 6.61 Å². The van der Waals surface area contributed by atoms with Crippen molar-refractivity contribution in [2.75, 3.05) is 7.11 Å². The number of halogens is 2. The van der Waals surface area contributed by atoms with Crippen LogP contribution in [0.3, 0.4) is 0 Å². The molecule has 0 bridgehead atoms. The normalized spacial score (nSPS) is 12.2. The first-order chi connectivity index (χ1) is 13.5. The third kappa shape index (κ3) is 5.26. The number of benzene rings is 2. The van der Waals surface area contributed by atoms with Crippen LogP contribution in [0.5, 0.6) is 11.5 Å². The lowest BCUT2D eigenvalue weighted by Gasteiger charge is -2.14. The van der Waals surface area contributed by atoms with E-state index in [0.29, 0.717) is 29.4 Å². The van der Waals surface area contributed by atoms with Crippen LogP contribution in [-0.2, 0) is 13.0 Å². The number of aromatic nitrogens is 2. The predicted octanol–water partition coefficient (Wildman–Crippen LogP) is 4.12. The van der Waals surface area contributed by atoms with Gasteiger partial charge in [-0.25, -0.2) is 0 Å². The van der Waals surface area contributed by atoms with Crippen molar-refractivity contribution in [1.29, 1.82) is 0 Å². The lowest BCUT2D eigenvalue weighted by atomic mass is 10.1. The number of nitrogens with zero attached hydrogens (tertiary/aromatic N) is 2. The zero-order chi connectivity index (χ0) is 19.9. The van der Waals surface area contributed by atoms with Crippen LogP contribution in [0.1, 0.15) is 35.8 Å². The first-order valence-corrected chi connectivity index (χ1v) is 8.76. The SMILES string of the molecule is COc1ccc(CNC(C)c2nc(Cc3ccccc3)no2)c(OC(F)F)c1. The molecule has 0 amide bonds. The monoisotopic (exact) mass is 389 g/mol. The topological polar surface area (TPSA) is 69.4 Å². The number of nitrogens with one attached hydrogen (secondary N) is 1. The third-order valence-electron chi connectivity index (χ3n) is 4.15. The van der Waals surface area contributed by atoms with Crippen LogP contribution in [0.2, 0.25) is 0 Å². The zero-order valence-corrected chi connectivity index (χ0v) is 15.6. The summed E-state index contributed by atoms with van der Waals surface area (Å²) in [6.07, 6.45) is 0.571. The second kappa shape index (κ2) is 9.27. The van der Waals surface area contributed by atoms with E-state index in [0.717, 1.165) is 5.56 Å². The summed E-state index contributed by atoms with van der Waals surface area (Å²) < 4.78 is 40.3. The molecule has 0 saturated carbocycles. The van der Waals surface area contributed by atoms with E-state index in [1.165, 1.54) is 13.2 Å². The van der Waals surface area contributed by atoms with Crippen molar-refractivity contribution in [3.63, 3.8) is 0 Å². The van der Waals surface area contributed by atoms with Crippen LogP contribution in [-0.4, -0.2) is 23.9 Å². The highest BCUT2D eigenvalue weighted by Gasteiger charge is 2.16. The summed E-state index contributed by atoms with van der Waals surface area (Å²) in [5, 5.41) is 7.18. The fourth-order valence-electron chi connectivity index (χ4n) is 2.66. The summed E-state index contributed by atoms with van der Waals surface area (Å²) in [7, 11) is 1.46. The molecule has 1 aromatic heterocycles. The maximum Gasteiger partial charge on any atom is 0.387 e.